The van der Waals surface area contributed by atoms with Crippen molar-refractivity contribution >= 4 is 23.0 Å². The molecule has 2 N–H and O–H groups in total. The summed E-state index contributed by atoms with van der Waals surface area (Å²) in [6, 6.07) is 6.16. The van der Waals surface area contributed by atoms with Gasteiger partial charge in [-0.15, -0.1) is 0 Å². The monoisotopic (exact) mass is 273 g/mol. The Labute approximate surface area is 120 Å². The molecule has 2 aliphatic rings. The molecule has 0 bridgehead atoms. The lowest BCUT2D eigenvalue weighted by Gasteiger charge is -2.24. The molecular formula is C15H23N5. The number of guanidine groups is 1. The lowest BCUT2D eigenvalue weighted by molar-refractivity contribution is 0.313. The van der Waals surface area contributed by atoms with Gasteiger partial charge in [-0.3, -0.25) is 4.99 Å². The summed E-state index contributed by atoms with van der Waals surface area (Å²) in [7, 11) is 0. The van der Waals surface area contributed by atoms with Gasteiger partial charge in [-0.05, 0) is 31.3 Å². The highest BCUT2D eigenvalue weighted by molar-refractivity contribution is 6.17. The maximum atomic E-state index is 5.96. The number of hydrogen-bond donors (Lipinski definition) is 1. The van der Waals surface area contributed by atoms with Crippen LogP contribution in [0.4, 0.5) is 17.1 Å². The Hall–Kier alpha value is -1.75. The molecule has 20 heavy (non-hydrogen) atoms. The highest BCUT2D eigenvalue weighted by Gasteiger charge is 2.35. The smallest absolute Gasteiger partial charge is 0.206 e. The fourth-order valence-electron chi connectivity index (χ4n) is 2.99. The summed E-state index contributed by atoms with van der Waals surface area (Å²) in [4.78, 5) is 11.7. The van der Waals surface area contributed by atoms with Gasteiger partial charge in [-0.1, -0.05) is 13.8 Å². The van der Waals surface area contributed by atoms with E-state index in [1.54, 1.807) is 0 Å². The van der Waals surface area contributed by atoms with E-state index in [9.17, 15) is 0 Å². The molecule has 0 atom stereocenters. The number of hydrogen-bond acceptors (Lipinski definition) is 5. The van der Waals surface area contributed by atoms with Crippen LogP contribution in [0.2, 0.25) is 0 Å². The number of nitrogens with zero attached hydrogens (tertiary/aromatic N) is 4. The van der Waals surface area contributed by atoms with Crippen molar-refractivity contribution in [2.75, 3.05) is 54.8 Å². The molecule has 0 saturated carbocycles. The second-order valence-electron chi connectivity index (χ2n) is 5.26. The Bertz CT molecular complexity index is 521. The van der Waals surface area contributed by atoms with Gasteiger partial charge in [0.15, 0.2) is 0 Å². The molecule has 0 aliphatic carbocycles. The lowest BCUT2D eigenvalue weighted by Crippen LogP contribution is -2.40. The summed E-state index contributed by atoms with van der Waals surface area (Å²) in [5.41, 5.74) is 9.22. The number of fused-ring (bicyclic) bond motifs is 3. The Morgan fingerprint density at radius 1 is 1.25 bits per heavy atom. The van der Waals surface area contributed by atoms with Gasteiger partial charge in [0.2, 0.25) is 5.96 Å². The average Bonchev–Trinajstić information content (AvgIpc) is 3.01. The van der Waals surface area contributed by atoms with E-state index in [4.69, 9.17) is 5.73 Å². The summed E-state index contributed by atoms with van der Waals surface area (Å²) < 4.78 is 0. The first kappa shape index (κ1) is 13.2. The number of likely N-dealkylation sites (N-methyl/N-ethyl adjacent to an activating group) is 1. The number of aliphatic imine (C=N–C) groups is 1. The Morgan fingerprint density at radius 3 is 2.80 bits per heavy atom. The third-order valence-corrected chi connectivity index (χ3v) is 4.17. The highest BCUT2D eigenvalue weighted by Crippen LogP contribution is 2.39. The van der Waals surface area contributed by atoms with Crippen LogP contribution in [0.1, 0.15) is 13.8 Å². The third-order valence-electron chi connectivity index (χ3n) is 4.17. The predicted octanol–water partition coefficient (Wildman–Crippen LogP) is 1.61. The van der Waals surface area contributed by atoms with E-state index in [0.29, 0.717) is 0 Å². The summed E-state index contributed by atoms with van der Waals surface area (Å²) in [6.45, 7) is 10.5. The van der Waals surface area contributed by atoms with Crippen molar-refractivity contribution < 1.29 is 0 Å². The minimum Gasteiger partial charge on any atom is -0.399 e. The molecule has 5 nitrogen and oxygen atoms in total. The number of nitrogens with two attached hydrogens (primary N) is 1. The number of benzene rings is 1. The highest BCUT2D eigenvalue weighted by atomic mass is 15.5. The van der Waals surface area contributed by atoms with Crippen LogP contribution in [-0.4, -0.2) is 50.1 Å². The molecule has 0 aromatic heterocycles. The topological polar surface area (TPSA) is 48.1 Å². The predicted molar refractivity (Wildman–Crippen MR) is 85.6 cm³/mol. The summed E-state index contributed by atoms with van der Waals surface area (Å²) in [5.74, 6) is 1.10. The van der Waals surface area contributed by atoms with E-state index < -0.39 is 0 Å². The van der Waals surface area contributed by atoms with Crippen molar-refractivity contribution in [2.24, 2.45) is 4.99 Å². The zero-order chi connectivity index (χ0) is 14.1. The first-order valence-electron chi connectivity index (χ1n) is 7.46. The van der Waals surface area contributed by atoms with Crippen LogP contribution < -0.4 is 15.5 Å². The first-order valence-corrected chi connectivity index (χ1v) is 7.46. The van der Waals surface area contributed by atoms with Crippen molar-refractivity contribution in [1.29, 1.82) is 0 Å². The Kier molecular flexibility index (Phi) is 3.53. The van der Waals surface area contributed by atoms with E-state index in [1.807, 2.05) is 6.07 Å². The number of rotatable bonds is 5. The van der Waals surface area contributed by atoms with Gasteiger partial charge >= 0.3 is 0 Å². The molecule has 0 spiro atoms. The second-order valence-corrected chi connectivity index (χ2v) is 5.26. The van der Waals surface area contributed by atoms with Crippen molar-refractivity contribution in [3.05, 3.63) is 18.2 Å². The van der Waals surface area contributed by atoms with Gasteiger partial charge < -0.3 is 20.4 Å². The van der Waals surface area contributed by atoms with Gasteiger partial charge in [0.25, 0.3) is 0 Å². The van der Waals surface area contributed by atoms with Crippen LogP contribution in [-0.2, 0) is 0 Å². The van der Waals surface area contributed by atoms with Crippen LogP contribution in [0.3, 0.4) is 0 Å². The van der Waals surface area contributed by atoms with Crippen LogP contribution in [0.5, 0.6) is 0 Å². The quantitative estimate of drug-likeness (QED) is 0.828. The van der Waals surface area contributed by atoms with Crippen LogP contribution in [0, 0.1) is 0 Å². The fourth-order valence-corrected chi connectivity index (χ4v) is 2.99. The van der Waals surface area contributed by atoms with E-state index in [-0.39, 0.29) is 0 Å². The number of nitrogen functional groups attached to an aromatic ring is 1. The SMILES string of the molecule is CCN(CC)CCN1C2=NCCN2c2ccc(N)cc21. The number of anilines is 3. The van der Waals surface area contributed by atoms with E-state index >= 15 is 0 Å². The molecule has 1 aromatic carbocycles. The minimum absolute atomic E-state index is 0.818. The van der Waals surface area contributed by atoms with E-state index in [0.717, 1.165) is 50.9 Å². The summed E-state index contributed by atoms with van der Waals surface area (Å²) in [5, 5.41) is 0. The fraction of sp³-hybridized carbons (Fsp3) is 0.533. The van der Waals surface area contributed by atoms with Crippen molar-refractivity contribution in [3.63, 3.8) is 0 Å². The van der Waals surface area contributed by atoms with Gasteiger partial charge in [-0.25, -0.2) is 0 Å². The molecule has 108 valence electrons. The second kappa shape index (κ2) is 5.32. The molecule has 0 fully saturated rings. The Morgan fingerprint density at radius 2 is 2.05 bits per heavy atom. The van der Waals surface area contributed by atoms with Crippen molar-refractivity contribution in [2.45, 2.75) is 13.8 Å². The summed E-state index contributed by atoms with van der Waals surface area (Å²) in [6.07, 6.45) is 0. The summed E-state index contributed by atoms with van der Waals surface area (Å²) >= 11 is 0. The molecule has 0 unspecified atom stereocenters. The van der Waals surface area contributed by atoms with Crippen LogP contribution in [0.15, 0.2) is 23.2 Å². The molecule has 0 radical (unpaired) electrons. The first-order chi connectivity index (χ1) is 9.74. The molecule has 0 saturated heterocycles. The van der Waals surface area contributed by atoms with Gasteiger partial charge in [0.05, 0.1) is 17.9 Å². The van der Waals surface area contributed by atoms with Crippen LogP contribution in [0.25, 0.3) is 0 Å². The molecular weight excluding hydrogens is 250 g/mol. The van der Waals surface area contributed by atoms with Crippen molar-refractivity contribution in [1.82, 2.24) is 4.90 Å². The van der Waals surface area contributed by atoms with E-state index in [2.05, 4.69) is 45.7 Å². The van der Waals surface area contributed by atoms with E-state index in [1.165, 1.54) is 11.4 Å². The van der Waals surface area contributed by atoms with Gasteiger partial charge in [-0.2, -0.15) is 0 Å². The van der Waals surface area contributed by atoms with Gasteiger partial charge in [0, 0.05) is 25.3 Å². The average molecular weight is 273 g/mol. The molecule has 3 rings (SSSR count). The third kappa shape index (κ3) is 2.12. The molecule has 2 aliphatic heterocycles. The van der Waals surface area contributed by atoms with Crippen molar-refractivity contribution in [3.8, 4) is 0 Å². The maximum Gasteiger partial charge on any atom is 0.206 e. The lowest BCUT2D eigenvalue weighted by atomic mass is 10.2. The zero-order valence-electron chi connectivity index (χ0n) is 12.3. The van der Waals surface area contributed by atoms with Crippen LogP contribution >= 0.6 is 0 Å². The minimum atomic E-state index is 0.818. The molecule has 0 amide bonds. The standard InChI is InChI=1S/C15H23N5/c1-3-18(4-2)9-10-20-14-11-12(16)5-6-13(14)19-8-7-17-15(19)20/h5-6,11H,3-4,7-10,16H2,1-2H3. The molecule has 2 heterocycles. The zero-order valence-corrected chi connectivity index (χ0v) is 12.3. The molecule has 1 aromatic rings. The molecule has 5 heteroatoms. The van der Waals surface area contributed by atoms with Gasteiger partial charge in [0.1, 0.15) is 0 Å². The largest absolute Gasteiger partial charge is 0.399 e. The normalized spacial score (nSPS) is 16.6. The maximum absolute atomic E-state index is 5.96. The Balaban J connectivity index is 1.84.